The van der Waals surface area contributed by atoms with Gasteiger partial charge in [-0.05, 0) is 6.42 Å². The van der Waals surface area contributed by atoms with Crippen molar-refractivity contribution in [2.75, 3.05) is 20.2 Å². The van der Waals surface area contributed by atoms with E-state index < -0.39 is 0 Å². The smallest absolute Gasteiger partial charge is 0.333 e. The monoisotopic (exact) mass is 155 g/mol. The first-order chi connectivity index (χ1) is 5.24. The molecule has 1 aliphatic rings. The summed E-state index contributed by atoms with van der Waals surface area (Å²) in [4.78, 5) is 12.7. The number of nitrogens with zero attached hydrogens (tertiary/aromatic N) is 1. The van der Waals surface area contributed by atoms with E-state index in [1.807, 2.05) is 11.9 Å². The van der Waals surface area contributed by atoms with Crippen LogP contribution in [-0.4, -0.2) is 31.1 Å². The molecule has 1 rings (SSSR count). The van der Waals surface area contributed by atoms with Crippen LogP contribution in [0.4, 0.5) is 0 Å². The summed E-state index contributed by atoms with van der Waals surface area (Å²) in [5.41, 5.74) is 0.983. The Morgan fingerprint density at radius 2 is 2.45 bits per heavy atom. The number of carbonyl (C=O) groups is 1. The van der Waals surface area contributed by atoms with Gasteiger partial charge in [0, 0.05) is 19.7 Å². The van der Waals surface area contributed by atoms with Gasteiger partial charge in [-0.25, -0.2) is 4.79 Å². The van der Waals surface area contributed by atoms with E-state index >= 15 is 0 Å². The Bertz CT molecular complexity index is 187. The molecule has 3 nitrogen and oxygen atoms in total. The summed E-state index contributed by atoms with van der Waals surface area (Å²) in [7, 11) is 1.97. The molecule has 1 heterocycles. The highest BCUT2D eigenvalue weighted by atomic mass is 16.5. The molecule has 0 radical (unpaired) electrons. The molecule has 0 aromatic carbocycles. The van der Waals surface area contributed by atoms with Crippen molar-refractivity contribution in [2.24, 2.45) is 0 Å². The normalized spacial score (nSPS) is 16.2. The van der Waals surface area contributed by atoms with Gasteiger partial charge in [0.15, 0.2) is 0 Å². The van der Waals surface area contributed by atoms with E-state index in [2.05, 4.69) is 6.92 Å². The molecule has 0 saturated carbocycles. The molecule has 0 aromatic rings. The second-order valence-corrected chi connectivity index (χ2v) is 2.66. The zero-order chi connectivity index (χ0) is 8.27. The molecule has 0 fully saturated rings. The fraction of sp³-hybridized carbons (Fsp3) is 0.625. The van der Waals surface area contributed by atoms with Gasteiger partial charge >= 0.3 is 5.97 Å². The highest BCUT2D eigenvalue weighted by Crippen LogP contribution is 2.09. The van der Waals surface area contributed by atoms with Crippen LogP contribution in [0.25, 0.3) is 0 Å². The first kappa shape index (κ1) is 8.11. The molecule has 0 aliphatic carbocycles. The van der Waals surface area contributed by atoms with Crippen LogP contribution >= 0.6 is 0 Å². The summed E-state index contributed by atoms with van der Waals surface area (Å²) in [5.74, 6) is -0.219. The summed E-state index contributed by atoms with van der Waals surface area (Å²) in [5, 5.41) is 0. The lowest BCUT2D eigenvalue weighted by Crippen LogP contribution is -2.19. The third-order valence-electron chi connectivity index (χ3n) is 1.70. The first-order valence-corrected chi connectivity index (χ1v) is 3.82. The maximum absolute atomic E-state index is 10.6. The maximum Gasteiger partial charge on any atom is 0.333 e. The lowest BCUT2D eigenvalue weighted by Gasteiger charge is -2.17. The first-order valence-electron chi connectivity index (χ1n) is 3.82. The molecule has 0 amide bonds. The van der Waals surface area contributed by atoms with E-state index in [1.165, 1.54) is 0 Å². The van der Waals surface area contributed by atoms with E-state index in [-0.39, 0.29) is 5.97 Å². The van der Waals surface area contributed by atoms with Crippen molar-refractivity contribution in [1.29, 1.82) is 0 Å². The standard InChI is InChI=1S/C8H13NO2/c1-3-4-9(2)7-5-8(10)11-6-7/h5H,3-4,6H2,1-2H3. The van der Waals surface area contributed by atoms with Crippen LogP contribution in [0.2, 0.25) is 0 Å². The second-order valence-electron chi connectivity index (χ2n) is 2.66. The summed E-state index contributed by atoms with van der Waals surface area (Å²) in [6, 6.07) is 0. The minimum atomic E-state index is -0.219. The van der Waals surface area contributed by atoms with E-state index in [0.717, 1.165) is 18.7 Å². The van der Waals surface area contributed by atoms with Gasteiger partial charge in [0.2, 0.25) is 0 Å². The largest absolute Gasteiger partial charge is 0.456 e. The van der Waals surface area contributed by atoms with Crippen LogP contribution < -0.4 is 0 Å². The van der Waals surface area contributed by atoms with Crippen molar-refractivity contribution in [2.45, 2.75) is 13.3 Å². The number of rotatable bonds is 3. The Morgan fingerprint density at radius 3 is 2.91 bits per heavy atom. The molecule has 0 unspecified atom stereocenters. The number of esters is 1. The summed E-state index contributed by atoms with van der Waals surface area (Å²) in [6.45, 7) is 3.52. The molecule has 0 N–H and O–H groups in total. The number of ether oxygens (including phenoxy) is 1. The molecular formula is C8H13NO2. The Morgan fingerprint density at radius 1 is 1.73 bits per heavy atom. The average molecular weight is 155 g/mol. The minimum absolute atomic E-state index is 0.219. The number of hydrogen-bond acceptors (Lipinski definition) is 3. The number of hydrogen-bond donors (Lipinski definition) is 0. The SMILES string of the molecule is CCCN(C)C1=CC(=O)OC1. The lowest BCUT2D eigenvalue weighted by atomic mass is 10.3. The minimum Gasteiger partial charge on any atom is -0.456 e. The fourth-order valence-electron chi connectivity index (χ4n) is 1.06. The van der Waals surface area contributed by atoms with Crippen LogP contribution in [0.5, 0.6) is 0 Å². The van der Waals surface area contributed by atoms with Gasteiger partial charge in [-0.1, -0.05) is 6.92 Å². The average Bonchev–Trinajstić information content (AvgIpc) is 2.36. The van der Waals surface area contributed by atoms with Gasteiger partial charge in [0.05, 0.1) is 5.70 Å². The highest BCUT2D eigenvalue weighted by Gasteiger charge is 2.15. The van der Waals surface area contributed by atoms with Gasteiger partial charge < -0.3 is 9.64 Å². The van der Waals surface area contributed by atoms with Crippen LogP contribution in [0, 0.1) is 0 Å². The molecule has 1 aliphatic heterocycles. The zero-order valence-corrected chi connectivity index (χ0v) is 6.96. The Hall–Kier alpha value is -0.990. The number of likely N-dealkylation sites (N-methyl/N-ethyl adjacent to an activating group) is 1. The van der Waals surface area contributed by atoms with Crippen LogP contribution in [0.1, 0.15) is 13.3 Å². The van der Waals surface area contributed by atoms with E-state index in [4.69, 9.17) is 4.74 Å². The summed E-state index contributed by atoms with van der Waals surface area (Å²) >= 11 is 0. The highest BCUT2D eigenvalue weighted by molar-refractivity contribution is 5.85. The predicted octanol–water partition coefficient (Wildman–Crippen LogP) is 0.769. The lowest BCUT2D eigenvalue weighted by molar-refractivity contribution is -0.135. The van der Waals surface area contributed by atoms with Crippen molar-refractivity contribution in [3.63, 3.8) is 0 Å². The van der Waals surface area contributed by atoms with Crippen LogP contribution in [-0.2, 0) is 9.53 Å². The van der Waals surface area contributed by atoms with Gasteiger partial charge in [0.25, 0.3) is 0 Å². The fourth-order valence-corrected chi connectivity index (χ4v) is 1.06. The third-order valence-corrected chi connectivity index (χ3v) is 1.70. The Labute approximate surface area is 66.6 Å². The predicted molar refractivity (Wildman–Crippen MR) is 42.0 cm³/mol. The summed E-state index contributed by atoms with van der Waals surface area (Å²) in [6.07, 6.45) is 2.64. The summed E-state index contributed by atoms with van der Waals surface area (Å²) < 4.78 is 4.76. The van der Waals surface area contributed by atoms with Gasteiger partial charge in [-0.3, -0.25) is 0 Å². The zero-order valence-electron chi connectivity index (χ0n) is 6.96. The second kappa shape index (κ2) is 3.42. The maximum atomic E-state index is 10.6. The number of cyclic esters (lactones) is 1. The third kappa shape index (κ3) is 1.97. The van der Waals surface area contributed by atoms with Crippen molar-refractivity contribution in [3.05, 3.63) is 11.8 Å². The van der Waals surface area contributed by atoms with E-state index in [0.29, 0.717) is 6.61 Å². The molecule has 0 atom stereocenters. The van der Waals surface area contributed by atoms with Crippen molar-refractivity contribution >= 4 is 5.97 Å². The Kier molecular flexibility index (Phi) is 2.52. The quantitative estimate of drug-likeness (QED) is 0.564. The van der Waals surface area contributed by atoms with Crippen molar-refractivity contribution < 1.29 is 9.53 Å². The van der Waals surface area contributed by atoms with Crippen molar-refractivity contribution in [1.82, 2.24) is 4.90 Å². The van der Waals surface area contributed by atoms with Gasteiger partial charge in [0.1, 0.15) is 6.61 Å². The molecule has 0 aromatic heterocycles. The van der Waals surface area contributed by atoms with Gasteiger partial charge in [-0.2, -0.15) is 0 Å². The molecule has 62 valence electrons. The van der Waals surface area contributed by atoms with E-state index in [1.54, 1.807) is 6.08 Å². The molecule has 0 bridgehead atoms. The molecule has 0 saturated heterocycles. The van der Waals surface area contributed by atoms with Gasteiger partial charge in [-0.15, -0.1) is 0 Å². The molecule has 0 spiro atoms. The Balaban J connectivity index is 2.47. The molecule has 11 heavy (non-hydrogen) atoms. The van der Waals surface area contributed by atoms with E-state index in [9.17, 15) is 4.79 Å². The van der Waals surface area contributed by atoms with Crippen LogP contribution in [0.3, 0.4) is 0 Å². The van der Waals surface area contributed by atoms with Crippen LogP contribution in [0.15, 0.2) is 11.8 Å². The van der Waals surface area contributed by atoms with Crippen molar-refractivity contribution in [3.8, 4) is 0 Å². The topological polar surface area (TPSA) is 29.5 Å². The number of carbonyl (C=O) groups excluding carboxylic acids is 1. The molecule has 3 heteroatoms. The molecular weight excluding hydrogens is 142 g/mol.